The molecule has 0 aromatic heterocycles. The Labute approximate surface area is 129 Å². The minimum atomic E-state index is -2.97. The lowest BCUT2D eigenvalue weighted by molar-refractivity contribution is 0.544. The summed E-state index contributed by atoms with van der Waals surface area (Å²) in [7, 11) is -2.97. The van der Waals surface area contributed by atoms with Gasteiger partial charge in [-0.05, 0) is 50.3 Å². The van der Waals surface area contributed by atoms with E-state index in [-0.39, 0.29) is 16.9 Å². The van der Waals surface area contributed by atoms with E-state index < -0.39 is 9.84 Å². The summed E-state index contributed by atoms with van der Waals surface area (Å²) in [5.41, 5.74) is 1.18. The lowest BCUT2D eigenvalue weighted by Gasteiger charge is -2.15. The summed E-state index contributed by atoms with van der Waals surface area (Å²) in [5.74, 6) is 0.903. The second-order valence-electron chi connectivity index (χ2n) is 5.06. The highest BCUT2D eigenvalue weighted by molar-refractivity contribution is 9.10. The number of hydrogen-bond acceptors (Lipinski definition) is 2. The lowest BCUT2D eigenvalue weighted by Crippen LogP contribution is -2.21. The molecule has 1 aromatic carbocycles. The number of rotatable bonds is 7. The van der Waals surface area contributed by atoms with Gasteiger partial charge < -0.3 is 0 Å². The van der Waals surface area contributed by atoms with E-state index in [1.54, 1.807) is 13.8 Å². The molecule has 1 atom stereocenters. The van der Waals surface area contributed by atoms with E-state index in [0.717, 1.165) is 10.9 Å². The first-order valence-corrected chi connectivity index (χ1v) is 9.41. The van der Waals surface area contributed by atoms with Crippen molar-refractivity contribution in [3.8, 4) is 0 Å². The standard InChI is InChI=1S/C14H20BrClO2S/c1-11(2)19(17,18)7-6-13(10-16)8-12-4-3-5-14(15)9-12/h3-5,9,11,13H,6-8,10H2,1-2H3. The third-order valence-electron chi connectivity index (χ3n) is 3.16. The van der Waals surface area contributed by atoms with Gasteiger partial charge in [0.1, 0.15) is 0 Å². The summed E-state index contributed by atoms with van der Waals surface area (Å²) < 4.78 is 24.6. The normalized spacial score (nSPS) is 13.7. The van der Waals surface area contributed by atoms with E-state index >= 15 is 0 Å². The molecule has 0 heterocycles. The molecule has 0 bridgehead atoms. The first kappa shape index (κ1) is 17.0. The van der Waals surface area contributed by atoms with Gasteiger partial charge in [-0.1, -0.05) is 28.1 Å². The molecule has 0 spiro atoms. The SMILES string of the molecule is CC(C)S(=O)(=O)CCC(CCl)Cc1cccc(Br)c1. The molecule has 19 heavy (non-hydrogen) atoms. The van der Waals surface area contributed by atoms with Crippen molar-refractivity contribution in [2.45, 2.75) is 31.9 Å². The Morgan fingerprint density at radius 1 is 1.32 bits per heavy atom. The van der Waals surface area contributed by atoms with E-state index in [2.05, 4.69) is 22.0 Å². The van der Waals surface area contributed by atoms with Gasteiger partial charge in [0.25, 0.3) is 0 Å². The predicted molar refractivity (Wildman–Crippen MR) is 85.6 cm³/mol. The van der Waals surface area contributed by atoms with Gasteiger partial charge in [-0.2, -0.15) is 0 Å². The van der Waals surface area contributed by atoms with Gasteiger partial charge in [0.05, 0.1) is 11.0 Å². The molecule has 1 rings (SSSR count). The summed E-state index contributed by atoms with van der Waals surface area (Å²) >= 11 is 9.39. The number of hydrogen-bond donors (Lipinski definition) is 0. The molecule has 2 nitrogen and oxygen atoms in total. The van der Waals surface area contributed by atoms with Crippen LogP contribution in [0, 0.1) is 5.92 Å². The number of sulfone groups is 1. The van der Waals surface area contributed by atoms with Crippen LogP contribution in [0.2, 0.25) is 0 Å². The van der Waals surface area contributed by atoms with Crippen molar-refractivity contribution in [2.75, 3.05) is 11.6 Å². The molecular formula is C14H20BrClO2S. The highest BCUT2D eigenvalue weighted by Gasteiger charge is 2.19. The van der Waals surface area contributed by atoms with E-state index in [4.69, 9.17) is 11.6 Å². The zero-order valence-corrected chi connectivity index (χ0v) is 14.4. The summed E-state index contributed by atoms with van der Waals surface area (Å²) in [4.78, 5) is 0. The van der Waals surface area contributed by atoms with Crippen LogP contribution < -0.4 is 0 Å². The maximum Gasteiger partial charge on any atom is 0.152 e. The topological polar surface area (TPSA) is 34.1 Å². The van der Waals surface area contributed by atoms with Crippen molar-refractivity contribution in [3.05, 3.63) is 34.3 Å². The lowest BCUT2D eigenvalue weighted by atomic mass is 9.99. The predicted octanol–water partition coefficient (Wildman–Crippen LogP) is 4.06. The Morgan fingerprint density at radius 3 is 2.53 bits per heavy atom. The van der Waals surface area contributed by atoms with Crippen LogP contribution in [0.25, 0.3) is 0 Å². The van der Waals surface area contributed by atoms with Crippen LogP contribution in [0.4, 0.5) is 0 Å². The number of alkyl halides is 1. The Kier molecular flexibility index (Phi) is 6.84. The van der Waals surface area contributed by atoms with E-state index in [9.17, 15) is 8.42 Å². The average Bonchev–Trinajstić information content (AvgIpc) is 2.34. The van der Waals surface area contributed by atoms with Gasteiger partial charge in [-0.25, -0.2) is 8.42 Å². The van der Waals surface area contributed by atoms with Crippen molar-refractivity contribution >= 4 is 37.4 Å². The van der Waals surface area contributed by atoms with Crippen molar-refractivity contribution in [2.24, 2.45) is 5.92 Å². The Bertz CT molecular complexity index is 500. The average molecular weight is 368 g/mol. The van der Waals surface area contributed by atoms with Gasteiger partial charge in [0.2, 0.25) is 0 Å². The second kappa shape index (κ2) is 7.65. The molecule has 0 saturated heterocycles. The zero-order valence-electron chi connectivity index (χ0n) is 11.3. The Balaban J connectivity index is 2.60. The van der Waals surface area contributed by atoms with Crippen molar-refractivity contribution in [3.63, 3.8) is 0 Å². The van der Waals surface area contributed by atoms with Crippen molar-refractivity contribution < 1.29 is 8.42 Å². The quantitative estimate of drug-likeness (QED) is 0.681. The van der Waals surface area contributed by atoms with E-state index in [1.807, 2.05) is 18.2 Å². The maximum atomic E-state index is 11.8. The van der Waals surface area contributed by atoms with Crippen LogP contribution in [0.3, 0.4) is 0 Å². The molecule has 0 aliphatic rings. The molecule has 108 valence electrons. The molecular weight excluding hydrogens is 348 g/mol. The molecule has 0 amide bonds. The van der Waals surface area contributed by atoms with Crippen molar-refractivity contribution in [1.29, 1.82) is 0 Å². The molecule has 5 heteroatoms. The monoisotopic (exact) mass is 366 g/mol. The summed E-state index contributed by atoms with van der Waals surface area (Å²) in [6.45, 7) is 3.44. The first-order chi connectivity index (χ1) is 8.85. The van der Waals surface area contributed by atoms with Crippen LogP contribution >= 0.6 is 27.5 Å². The highest BCUT2D eigenvalue weighted by atomic mass is 79.9. The highest BCUT2D eigenvalue weighted by Crippen LogP contribution is 2.19. The molecule has 0 fully saturated rings. The van der Waals surface area contributed by atoms with Crippen LogP contribution in [0.15, 0.2) is 28.7 Å². The van der Waals surface area contributed by atoms with Crippen LogP contribution in [0.5, 0.6) is 0 Å². The van der Waals surface area contributed by atoms with Crippen LogP contribution in [-0.2, 0) is 16.3 Å². The smallest absolute Gasteiger partial charge is 0.152 e. The zero-order chi connectivity index (χ0) is 14.5. The Morgan fingerprint density at radius 2 is 2.00 bits per heavy atom. The number of benzene rings is 1. The molecule has 0 saturated carbocycles. The largest absolute Gasteiger partial charge is 0.229 e. The molecule has 0 radical (unpaired) electrons. The van der Waals surface area contributed by atoms with Crippen LogP contribution in [-0.4, -0.2) is 25.3 Å². The van der Waals surface area contributed by atoms with Gasteiger partial charge in [0.15, 0.2) is 9.84 Å². The molecule has 1 aromatic rings. The van der Waals surface area contributed by atoms with Crippen LogP contribution in [0.1, 0.15) is 25.8 Å². The second-order valence-corrected chi connectivity index (χ2v) is 8.96. The fourth-order valence-corrected chi connectivity index (χ4v) is 3.64. The van der Waals surface area contributed by atoms with E-state index in [1.165, 1.54) is 5.56 Å². The van der Waals surface area contributed by atoms with E-state index in [0.29, 0.717) is 12.3 Å². The van der Waals surface area contributed by atoms with Crippen molar-refractivity contribution in [1.82, 2.24) is 0 Å². The molecule has 1 unspecified atom stereocenters. The summed E-state index contributed by atoms with van der Waals surface area (Å²) in [6.07, 6.45) is 1.44. The first-order valence-electron chi connectivity index (χ1n) is 6.37. The summed E-state index contributed by atoms with van der Waals surface area (Å²) in [5, 5.41) is -0.311. The van der Waals surface area contributed by atoms with Gasteiger partial charge in [-0.15, -0.1) is 11.6 Å². The fourth-order valence-electron chi connectivity index (χ4n) is 1.80. The third kappa shape index (κ3) is 5.84. The minimum absolute atomic E-state index is 0.199. The maximum absolute atomic E-state index is 11.8. The molecule has 0 aliphatic heterocycles. The number of halogens is 2. The molecule has 0 aliphatic carbocycles. The van der Waals surface area contributed by atoms with Gasteiger partial charge in [-0.3, -0.25) is 0 Å². The minimum Gasteiger partial charge on any atom is -0.229 e. The third-order valence-corrected chi connectivity index (χ3v) is 6.33. The van der Waals surface area contributed by atoms with Gasteiger partial charge >= 0.3 is 0 Å². The molecule has 0 N–H and O–H groups in total. The Hall–Kier alpha value is -0.0600. The fraction of sp³-hybridized carbons (Fsp3) is 0.571. The van der Waals surface area contributed by atoms with Gasteiger partial charge in [0, 0.05) is 10.4 Å². The summed E-state index contributed by atoms with van der Waals surface area (Å²) in [6, 6.07) is 8.05.